The Morgan fingerprint density at radius 2 is 2.04 bits per heavy atom. The van der Waals surface area contributed by atoms with E-state index in [0.717, 1.165) is 31.7 Å². The Morgan fingerprint density at radius 3 is 2.67 bits per heavy atom. The first-order valence-corrected chi connectivity index (χ1v) is 8.94. The third-order valence-electron chi connectivity index (χ3n) is 5.48. The molecule has 2 amide bonds. The summed E-state index contributed by atoms with van der Waals surface area (Å²) in [5.74, 6) is 1.63. The average Bonchev–Trinajstić information content (AvgIpc) is 3.21. The van der Waals surface area contributed by atoms with Crippen molar-refractivity contribution in [1.29, 1.82) is 0 Å². The summed E-state index contributed by atoms with van der Waals surface area (Å²) in [6.07, 6.45) is 4.74. The van der Waals surface area contributed by atoms with Gasteiger partial charge in [-0.25, -0.2) is 0 Å². The number of rotatable bonds is 4. The minimum atomic E-state index is -0.187. The molecule has 2 aliphatic heterocycles. The Balaban J connectivity index is 1.26. The van der Waals surface area contributed by atoms with E-state index in [1.165, 1.54) is 18.5 Å². The van der Waals surface area contributed by atoms with Crippen LogP contribution in [0.5, 0.6) is 0 Å². The lowest BCUT2D eigenvalue weighted by Gasteiger charge is -2.32. The normalized spacial score (nSPS) is 25.4. The summed E-state index contributed by atoms with van der Waals surface area (Å²) in [6, 6.07) is 2.38. The number of amides is 2. The second kappa shape index (κ2) is 6.11. The number of nitrogens with zero attached hydrogens (tertiary/aromatic N) is 3. The number of aromatic nitrogens is 2. The maximum absolute atomic E-state index is 12.3. The number of anilines is 1. The molecule has 1 aromatic heterocycles. The van der Waals surface area contributed by atoms with Crippen molar-refractivity contribution >= 4 is 17.6 Å². The van der Waals surface area contributed by atoms with Gasteiger partial charge in [0.1, 0.15) is 0 Å². The van der Waals surface area contributed by atoms with Crippen molar-refractivity contribution in [2.24, 2.45) is 5.92 Å². The van der Waals surface area contributed by atoms with Crippen LogP contribution < -0.4 is 10.2 Å². The van der Waals surface area contributed by atoms with Gasteiger partial charge in [0.05, 0.1) is 5.92 Å². The lowest BCUT2D eigenvalue weighted by Crippen LogP contribution is -2.46. The van der Waals surface area contributed by atoms with E-state index in [1.54, 1.807) is 11.9 Å². The first-order chi connectivity index (χ1) is 11.6. The molecule has 0 aromatic carbocycles. The number of aromatic amines is 1. The van der Waals surface area contributed by atoms with Crippen LogP contribution in [-0.4, -0.2) is 59.6 Å². The van der Waals surface area contributed by atoms with E-state index in [9.17, 15) is 9.59 Å². The molecule has 0 radical (unpaired) electrons. The number of H-pyrrole nitrogens is 1. The van der Waals surface area contributed by atoms with Gasteiger partial charge in [-0.05, 0) is 25.7 Å². The molecular formula is C17H25N5O2. The van der Waals surface area contributed by atoms with Gasteiger partial charge in [0.25, 0.3) is 0 Å². The Morgan fingerprint density at radius 1 is 1.29 bits per heavy atom. The molecular weight excluding hydrogens is 306 g/mol. The third kappa shape index (κ3) is 3.12. The molecule has 3 heterocycles. The summed E-state index contributed by atoms with van der Waals surface area (Å²) in [5.41, 5.74) is 1.26. The van der Waals surface area contributed by atoms with Crippen LogP contribution in [-0.2, 0) is 9.59 Å². The maximum Gasteiger partial charge on any atom is 0.225 e. The molecule has 1 aliphatic carbocycles. The number of piperidine rings is 1. The molecule has 7 nitrogen and oxygen atoms in total. The van der Waals surface area contributed by atoms with E-state index in [4.69, 9.17) is 0 Å². The number of nitrogens with one attached hydrogen (secondary N) is 2. The number of carbonyl (C=O) groups is 2. The Hall–Kier alpha value is -2.05. The van der Waals surface area contributed by atoms with E-state index in [0.29, 0.717) is 18.9 Å². The van der Waals surface area contributed by atoms with Gasteiger partial charge in [0.15, 0.2) is 5.82 Å². The molecule has 1 saturated carbocycles. The molecule has 3 aliphatic rings. The number of hydrogen-bond donors (Lipinski definition) is 2. The van der Waals surface area contributed by atoms with Crippen molar-refractivity contribution in [3.05, 3.63) is 11.8 Å². The van der Waals surface area contributed by atoms with Crippen molar-refractivity contribution < 1.29 is 9.59 Å². The standard InChI is InChI=1S/C17H25N5O2/c1-21-10-12(8-16(21)23)17(24)18-13-4-6-22(7-5-13)15-9-14(19-20-15)11-2-3-11/h9,11-13H,2-8,10H2,1H3,(H,18,24)(H,19,20)/t12-/m1/s1. The minimum Gasteiger partial charge on any atom is -0.355 e. The SMILES string of the molecule is CN1C[C@H](C(=O)NC2CCN(c3cc(C4CC4)[nH]n3)CC2)CC1=O. The van der Waals surface area contributed by atoms with Crippen molar-refractivity contribution in [2.75, 3.05) is 31.6 Å². The summed E-state index contributed by atoms with van der Waals surface area (Å²) >= 11 is 0. The van der Waals surface area contributed by atoms with Gasteiger partial charge in [0.2, 0.25) is 11.8 Å². The fourth-order valence-electron chi connectivity index (χ4n) is 3.70. The topological polar surface area (TPSA) is 81.3 Å². The highest BCUT2D eigenvalue weighted by atomic mass is 16.2. The van der Waals surface area contributed by atoms with E-state index in [1.807, 2.05) is 0 Å². The molecule has 0 unspecified atom stereocenters. The lowest BCUT2D eigenvalue weighted by atomic mass is 10.0. The molecule has 1 atom stereocenters. The van der Waals surface area contributed by atoms with E-state index < -0.39 is 0 Å². The smallest absolute Gasteiger partial charge is 0.225 e. The van der Waals surface area contributed by atoms with Gasteiger partial charge in [-0.3, -0.25) is 14.7 Å². The van der Waals surface area contributed by atoms with E-state index in [-0.39, 0.29) is 23.8 Å². The molecule has 4 rings (SSSR count). The van der Waals surface area contributed by atoms with Crippen LogP contribution in [0.2, 0.25) is 0 Å². The summed E-state index contributed by atoms with van der Waals surface area (Å²) in [6.45, 7) is 2.35. The molecule has 2 N–H and O–H groups in total. The minimum absolute atomic E-state index is 0.0296. The molecule has 2 saturated heterocycles. The fourth-order valence-corrected chi connectivity index (χ4v) is 3.70. The summed E-state index contributed by atoms with van der Waals surface area (Å²) in [4.78, 5) is 27.8. The number of hydrogen-bond acceptors (Lipinski definition) is 4. The van der Waals surface area contributed by atoms with Gasteiger partial charge in [0, 0.05) is 56.8 Å². The van der Waals surface area contributed by atoms with Gasteiger partial charge in [-0.1, -0.05) is 0 Å². The molecule has 7 heteroatoms. The van der Waals surface area contributed by atoms with Crippen LogP contribution in [0.4, 0.5) is 5.82 Å². The Labute approximate surface area is 141 Å². The highest BCUT2D eigenvalue weighted by Gasteiger charge is 2.33. The average molecular weight is 331 g/mol. The Bertz CT molecular complexity index is 631. The van der Waals surface area contributed by atoms with Crippen LogP contribution >= 0.6 is 0 Å². The van der Waals surface area contributed by atoms with Crippen LogP contribution in [0.3, 0.4) is 0 Å². The summed E-state index contributed by atoms with van der Waals surface area (Å²) in [5, 5.41) is 10.7. The number of carbonyl (C=O) groups excluding carboxylic acids is 2. The monoisotopic (exact) mass is 331 g/mol. The highest BCUT2D eigenvalue weighted by Crippen LogP contribution is 2.40. The van der Waals surface area contributed by atoms with E-state index in [2.05, 4.69) is 26.5 Å². The third-order valence-corrected chi connectivity index (χ3v) is 5.48. The quantitative estimate of drug-likeness (QED) is 0.857. The maximum atomic E-state index is 12.3. The van der Waals surface area contributed by atoms with Gasteiger partial charge < -0.3 is 15.1 Å². The Kier molecular flexibility index (Phi) is 3.94. The van der Waals surface area contributed by atoms with Crippen molar-refractivity contribution in [3.63, 3.8) is 0 Å². The van der Waals surface area contributed by atoms with Gasteiger partial charge in [-0.15, -0.1) is 0 Å². The molecule has 24 heavy (non-hydrogen) atoms. The largest absolute Gasteiger partial charge is 0.355 e. The fraction of sp³-hybridized carbons (Fsp3) is 0.706. The highest BCUT2D eigenvalue weighted by molar-refractivity contribution is 5.89. The second-order valence-electron chi connectivity index (χ2n) is 7.40. The first-order valence-electron chi connectivity index (χ1n) is 8.94. The van der Waals surface area contributed by atoms with Crippen LogP contribution in [0.1, 0.15) is 43.7 Å². The number of likely N-dealkylation sites (tertiary alicyclic amines) is 1. The molecule has 1 aromatic rings. The van der Waals surface area contributed by atoms with Gasteiger partial charge >= 0.3 is 0 Å². The molecule has 130 valence electrons. The molecule has 0 bridgehead atoms. The van der Waals surface area contributed by atoms with Crippen LogP contribution in [0, 0.1) is 5.92 Å². The lowest BCUT2D eigenvalue weighted by molar-refractivity contribution is -0.128. The summed E-state index contributed by atoms with van der Waals surface area (Å²) in [7, 11) is 1.76. The second-order valence-corrected chi connectivity index (χ2v) is 7.40. The zero-order chi connectivity index (χ0) is 16.7. The van der Waals surface area contributed by atoms with Crippen molar-refractivity contribution in [1.82, 2.24) is 20.4 Å². The predicted octanol–water partition coefficient (Wildman–Crippen LogP) is 0.850. The predicted molar refractivity (Wildman–Crippen MR) is 89.7 cm³/mol. The molecule has 3 fully saturated rings. The van der Waals surface area contributed by atoms with Gasteiger partial charge in [-0.2, -0.15) is 5.10 Å². The van der Waals surface area contributed by atoms with E-state index >= 15 is 0 Å². The summed E-state index contributed by atoms with van der Waals surface area (Å²) < 4.78 is 0. The first kappa shape index (κ1) is 15.5. The van der Waals surface area contributed by atoms with Crippen molar-refractivity contribution in [3.8, 4) is 0 Å². The molecule has 0 spiro atoms. The zero-order valence-electron chi connectivity index (χ0n) is 14.1. The van der Waals surface area contributed by atoms with Crippen LogP contribution in [0.15, 0.2) is 6.07 Å². The van der Waals surface area contributed by atoms with Crippen LogP contribution in [0.25, 0.3) is 0 Å². The zero-order valence-corrected chi connectivity index (χ0v) is 14.1. The van der Waals surface area contributed by atoms with Crippen molar-refractivity contribution in [2.45, 2.75) is 44.1 Å².